The van der Waals surface area contributed by atoms with Crippen molar-refractivity contribution in [1.82, 2.24) is 0 Å². The number of benzene rings is 2. The smallest absolute Gasteiger partial charge is 0.416 e. The first-order valence-corrected chi connectivity index (χ1v) is 9.74. The monoisotopic (exact) mass is 487 g/mol. The second kappa shape index (κ2) is 11.0. The quantitative estimate of drug-likeness (QED) is 0.418. The molecule has 11 heteroatoms. The van der Waals surface area contributed by atoms with Gasteiger partial charge in [-0.3, -0.25) is 4.79 Å². The SMILES string of the molecule is COc1cc(C=CC(=O)OC(C)C(=O)Nc2cc(C(F)(F)F)ccc2Cl)cc(OC)c1OC. The van der Waals surface area contributed by atoms with Crippen LogP contribution in [0.15, 0.2) is 36.4 Å². The molecule has 0 aliphatic heterocycles. The van der Waals surface area contributed by atoms with Gasteiger partial charge in [-0.1, -0.05) is 11.6 Å². The van der Waals surface area contributed by atoms with Crippen LogP contribution >= 0.6 is 11.6 Å². The van der Waals surface area contributed by atoms with Gasteiger partial charge in [-0.25, -0.2) is 4.79 Å². The highest BCUT2D eigenvalue weighted by atomic mass is 35.5. The van der Waals surface area contributed by atoms with Crippen LogP contribution in [0.2, 0.25) is 5.02 Å². The average Bonchev–Trinajstić information content (AvgIpc) is 2.77. The van der Waals surface area contributed by atoms with Gasteiger partial charge in [0.15, 0.2) is 17.6 Å². The first kappa shape index (κ1) is 25.9. The van der Waals surface area contributed by atoms with Gasteiger partial charge in [0.05, 0.1) is 37.6 Å². The van der Waals surface area contributed by atoms with Crippen molar-refractivity contribution in [3.05, 3.63) is 52.6 Å². The van der Waals surface area contributed by atoms with Crippen LogP contribution in [0.3, 0.4) is 0 Å². The lowest BCUT2D eigenvalue weighted by Gasteiger charge is -2.15. The van der Waals surface area contributed by atoms with Gasteiger partial charge in [0.1, 0.15) is 0 Å². The number of amides is 1. The number of esters is 1. The van der Waals surface area contributed by atoms with Gasteiger partial charge in [-0.2, -0.15) is 13.2 Å². The van der Waals surface area contributed by atoms with Crippen LogP contribution in [0.4, 0.5) is 18.9 Å². The molecule has 0 heterocycles. The highest BCUT2D eigenvalue weighted by Gasteiger charge is 2.31. The van der Waals surface area contributed by atoms with Crippen molar-refractivity contribution in [2.45, 2.75) is 19.2 Å². The first-order valence-electron chi connectivity index (χ1n) is 9.36. The maximum Gasteiger partial charge on any atom is 0.416 e. The molecule has 2 aromatic carbocycles. The molecule has 0 aliphatic rings. The zero-order chi connectivity index (χ0) is 24.8. The van der Waals surface area contributed by atoms with Crippen molar-refractivity contribution in [1.29, 1.82) is 0 Å². The fourth-order valence-corrected chi connectivity index (χ4v) is 2.83. The molecular formula is C22H21ClF3NO6. The van der Waals surface area contributed by atoms with E-state index in [0.717, 1.165) is 18.2 Å². The maximum absolute atomic E-state index is 12.9. The van der Waals surface area contributed by atoms with Crippen molar-refractivity contribution in [2.24, 2.45) is 0 Å². The summed E-state index contributed by atoms with van der Waals surface area (Å²) in [5.41, 5.74) is -0.721. The molecule has 0 fully saturated rings. The summed E-state index contributed by atoms with van der Waals surface area (Å²) in [4.78, 5) is 24.4. The summed E-state index contributed by atoms with van der Waals surface area (Å²) >= 11 is 5.86. The van der Waals surface area contributed by atoms with E-state index in [1.54, 1.807) is 12.1 Å². The molecule has 1 N–H and O–H groups in total. The minimum atomic E-state index is -4.61. The highest BCUT2D eigenvalue weighted by molar-refractivity contribution is 6.33. The summed E-state index contributed by atoms with van der Waals surface area (Å²) < 4.78 is 59.3. The van der Waals surface area contributed by atoms with Crippen LogP contribution < -0.4 is 19.5 Å². The molecule has 33 heavy (non-hydrogen) atoms. The second-order valence-corrected chi connectivity index (χ2v) is 6.96. The topological polar surface area (TPSA) is 83.1 Å². The molecule has 0 radical (unpaired) electrons. The Morgan fingerprint density at radius 2 is 1.64 bits per heavy atom. The number of hydrogen-bond donors (Lipinski definition) is 1. The van der Waals surface area contributed by atoms with E-state index in [0.29, 0.717) is 28.9 Å². The normalized spacial score (nSPS) is 12.2. The first-order chi connectivity index (χ1) is 15.5. The Morgan fingerprint density at radius 3 is 2.15 bits per heavy atom. The van der Waals surface area contributed by atoms with Gasteiger partial charge in [-0.15, -0.1) is 0 Å². The molecule has 1 unspecified atom stereocenters. The molecule has 1 amide bonds. The largest absolute Gasteiger partial charge is 0.493 e. The van der Waals surface area contributed by atoms with Crippen LogP contribution in [0, 0.1) is 0 Å². The van der Waals surface area contributed by atoms with E-state index in [1.807, 2.05) is 0 Å². The number of carbonyl (C=O) groups is 2. The summed E-state index contributed by atoms with van der Waals surface area (Å²) in [5.74, 6) is -0.600. The molecule has 0 bridgehead atoms. The van der Waals surface area contributed by atoms with E-state index >= 15 is 0 Å². The number of nitrogens with one attached hydrogen (secondary N) is 1. The predicted molar refractivity (Wildman–Crippen MR) is 116 cm³/mol. The lowest BCUT2D eigenvalue weighted by atomic mass is 10.1. The Bertz CT molecular complexity index is 1030. The van der Waals surface area contributed by atoms with Crippen molar-refractivity contribution >= 4 is 35.2 Å². The summed E-state index contributed by atoms with van der Waals surface area (Å²) in [6, 6.07) is 5.68. The Kier molecular flexibility index (Phi) is 8.58. The summed E-state index contributed by atoms with van der Waals surface area (Å²) in [5, 5.41) is 2.13. The average molecular weight is 488 g/mol. The maximum atomic E-state index is 12.9. The Balaban J connectivity index is 2.08. The number of halogens is 4. The van der Waals surface area contributed by atoms with Gasteiger partial charge in [0.25, 0.3) is 5.91 Å². The molecule has 0 aliphatic carbocycles. The predicted octanol–water partition coefficient (Wildman–Crippen LogP) is 4.97. The van der Waals surface area contributed by atoms with Gasteiger partial charge in [0, 0.05) is 6.08 Å². The number of carbonyl (C=O) groups excluding carboxylic acids is 2. The van der Waals surface area contributed by atoms with E-state index in [1.165, 1.54) is 34.3 Å². The molecule has 178 valence electrons. The third-order valence-corrected chi connectivity index (χ3v) is 4.64. The van der Waals surface area contributed by atoms with Crippen LogP contribution in [0.5, 0.6) is 17.2 Å². The highest BCUT2D eigenvalue weighted by Crippen LogP contribution is 2.38. The van der Waals surface area contributed by atoms with Crippen molar-refractivity contribution < 1.29 is 41.7 Å². The van der Waals surface area contributed by atoms with E-state index in [2.05, 4.69) is 5.32 Å². The van der Waals surface area contributed by atoms with Crippen LogP contribution in [0.1, 0.15) is 18.1 Å². The molecular weight excluding hydrogens is 467 g/mol. The Hall–Kier alpha value is -3.40. The number of anilines is 1. The molecule has 0 spiro atoms. The van der Waals surface area contributed by atoms with Crippen molar-refractivity contribution in [3.63, 3.8) is 0 Å². The lowest BCUT2D eigenvalue weighted by molar-refractivity contribution is -0.148. The Morgan fingerprint density at radius 1 is 1.03 bits per heavy atom. The number of methoxy groups -OCH3 is 3. The second-order valence-electron chi connectivity index (χ2n) is 6.55. The van der Waals surface area contributed by atoms with E-state index in [9.17, 15) is 22.8 Å². The summed E-state index contributed by atoms with van der Waals surface area (Å²) in [6.45, 7) is 1.27. The zero-order valence-electron chi connectivity index (χ0n) is 18.1. The lowest BCUT2D eigenvalue weighted by Crippen LogP contribution is -2.29. The van der Waals surface area contributed by atoms with Gasteiger partial charge >= 0.3 is 12.1 Å². The van der Waals surface area contributed by atoms with Crippen molar-refractivity contribution in [3.8, 4) is 17.2 Å². The zero-order valence-corrected chi connectivity index (χ0v) is 18.8. The minimum Gasteiger partial charge on any atom is -0.493 e. The standard InChI is InChI=1S/C22H21ClF3NO6/c1-12(21(29)27-16-11-14(22(24,25)26)6-7-15(16)23)33-19(28)8-5-13-9-17(30-2)20(32-4)18(10-13)31-3/h5-12H,1-4H3,(H,27,29). The third kappa shape index (κ3) is 6.79. The molecule has 0 aromatic heterocycles. The van der Waals surface area contributed by atoms with E-state index < -0.39 is 29.7 Å². The summed E-state index contributed by atoms with van der Waals surface area (Å²) in [7, 11) is 4.33. The van der Waals surface area contributed by atoms with Crippen LogP contribution in [0.25, 0.3) is 6.08 Å². The molecule has 0 saturated heterocycles. The fraction of sp³-hybridized carbons (Fsp3) is 0.273. The van der Waals surface area contributed by atoms with E-state index in [-0.39, 0.29) is 10.7 Å². The third-order valence-electron chi connectivity index (χ3n) is 4.31. The molecule has 2 rings (SSSR count). The Labute approximate surface area is 193 Å². The molecule has 2 aromatic rings. The minimum absolute atomic E-state index is 0.0998. The van der Waals surface area contributed by atoms with Gasteiger partial charge < -0.3 is 24.3 Å². The van der Waals surface area contributed by atoms with Gasteiger partial charge in [-0.05, 0) is 48.9 Å². The molecule has 0 saturated carbocycles. The van der Waals surface area contributed by atoms with Crippen LogP contribution in [-0.4, -0.2) is 39.3 Å². The van der Waals surface area contributed by atoms with E-state index in [4.69, 9.17) is 30.5 Å². The van der Waals surface area contributed by atoms with Gasteiger partial charge in [0.2, 0.25) is 5.75 Å². The van der Waals surface area contributed by atoms with Crippen LogP contribution in [-0.2, 0) is 20.5 Å². The number of ether oxygens (including phenoxy) is 4. The summed E-state index contributed by atoms with van der Waals surface area (Å²) in [6.07, 6.45) is -3.45. The molecule has 7 nitrogen and oxygen atoms in total. The number of rotatable bonds is 8. The van der Waals surface area contributed by atoms with Crippen molar-refractivity contribution in [2.75, 3.05) is 26.6 Å². The fourth-order valence-electron chi connectivity index (χ4n) is 2.66. The number of alkyl halides is 3. The number of hydrogen-bond acceptors (Lipinski definition) is 6. The molecule has 1 atom stereocenters.